The number of hydrogen-bond acceptors (Lipinski definition) is 5. The molecule has 0 unspecified atom stereocenters. The van der Waals surface area contributed by atoms with E-state index in [0.29, 0.717) is 16.5 Å². The number of hydrogen-bond donors (Lipinski definition) is 2. The molecule has 0 heterocycles. The maximum absolute atomic E-state index is 12.5. The molecule has 2 N–H and O–H groups in total. The molecule has 0 spiro atoms. The zero-order valence-corrected chi connectivity index (χ0v) is 16.1. The predicted molar refractivity (Wildman–Crippen MR) is 99.6 cm³/mol. The molecule has 0 atom stereocenters. The Hall–Kier alpha value is -2.29. The lowest BCUT2D eigenvalue weighted by Crippen LogP contribution is -2.33. The van der Waals surface area contributed by atoms with Crippen LogP contribution < -0.4 is 19.5 Å². The van der Waals surface area contributed by atoms with Gasteiger partial charge in [0.15, 0.2) is 0 Å². The van der Waals surface area contributed by atoms with Gasteiger partial charge in [0.05, 0.1) is 20.8 Å². The summed E-state index contributed by atoms with van der Waals surface area (Å²) in [5.74, 6) is 0.0639. The van der Waals surface area contributed by atoms with Crippen LogP contribution in [0.5, 0.6) is 11.5 Å². The molecule has 26 heavy (non-hydrogen) atoms. The number of methoxy groups -OCH3 is 2. The zero-order chi connectivity index (χ0) is 19.3. The lowest BCUT2D eigenvalue weighted by molar-refractivity contribution is -0.115. The van der Waals surface area contributed by atoms with Crippen LogP contribution in [0.3, 0.4) is 0 Å². The topological polar surface area (TPSA) is 93.7 Å². The summed E-state index contributed by atoms with van der Waals surface area (Å²) in [5, 5.41) is 3.18. The van der Waals surface area contributed by atoms with Gasteiger partial charge in [-0.25, -0.2) is 13.1 Å². The minimum absolute atomic E-state index is 0.0868. The average molecular weight is 399 g/mol. The predicted octanol–water partition coefficient (Wildman–Crippen LogP) is 2.58. The number of ether oxygens (including phenoxy) is 2. The van der Waals surface area contributed by atoms with Crippen LogP contribution in [0.1, 0.15) is 5.56 Å². The number of nitrogens with one attached hydrogen (secondary N) is 2. The Morgan fingerprint density at radius 3 is 2.46 bits per heavy atom. The normalized spacial score (nSPS) is 11.1. The summed E-state index contributed by atoms with van der Waals surface area (Å²) in [5.41, 5.74) is 1.33. The molecule has 0 saturated carbocycles. The van der Waals surface area contributed by atoms with Crippen molar-refractivity contribution in [2.24, 2.45) is 0 Å². The molecule has 2 aromatic carbocycles. The third-order valence-corrected chi connectivity index (χ3v) is 5.22. The van der Waals surface area contributed by atoms with E-state index < -0.39 is 22.5 Å². The zero-order valence-electron chi connectivity index (χ0n) is 14.5. The van der Waals surface area contributed by atoms with Crippen LogP contribution in [-0.2, 0) is 14.8 Å². The van der Waals surface area contributed by atoms with Crippen LogP contribution >= 0.6 is 11.6 Å². The fourth-order valence-electron chi connectivity index (χ4n) is 2.20. The Bertz CT molecular complexity index is 915. The molecular formula is C17H19ClN2O5S. The number of carbonyl (C=O) groups is 1. The molecule has 0 aliphatic rings. The minimum atomic E-state index is -3.94. The van der Waals surface area contributed by atoms with E-state index in [1.165, 1.54) is 32.4 Å². The molecule has 0 aliphatic carbocycles. The molecule has 7 nitrogen and oxygen atoms in total. The monoisotopic (exact) mass is 398 g/mol. The van der Waals surface area contributed by atoms with Crippen molar-refractivity contribution in [1.29, 1.82) is 0 Å². The van der Waals surface area contributed by atoms with Gasteiger partial charge in [0, 0.05) is 16.8 Å². The van der Waals surface area contributed by atoms with E-state index in [9.17, 15) is 13.2 Å². The van der Waals surface area contributed by atoms with Crippen molar-refractivity contribution >= 4 is 33.2 Å². The highest BCUT2D eigenvalue weighted by Gasteiger charge is 2.21. The fraction of sp³-hybridized carbons (Fsp3) is 0.235. The van der Waals surface area contributed by atoms with Gasteiger partial charge in [-0.1, -0.05) is 11.6 Å². The molecular weight excluding hydrogens is 380 g/mol. The molecule has 9 heteroatoms. The smallest absolute Gasteiger partial charge is 0.244 e. The maximum atomic E-state index is 12.5. The van der Waals surface area contributed by atoms with Crippen molar-refractivity contribution in [3.8, 4) is 11.5 Å². The quantitative estimate of drug-likeness (QED) is 0.747. The molecule has 0 aromatic heterocycles. The number of amides is 1. The van der Waals surface area contributed by atoms with Crippen LogP contribution in [-0.4, -0.2) is 35.1 Å². The third kappa shape index (κ3) is 4.87. The maximum Gasteiger partial charge on any atom is 0.244 e. The lowest BCUT2D eigenvalue weighted by Gasteiger charge is -2.12. The van der Waals surface area contributed by atoms with E-state index in [4.69, 9.17) is 21.1 Å². The summed E-state index contributed by atoms with van der Waals surface area (Å²) >= 11 is 5.87. The molecule has 0 fully saturated rings. The SMILES string of the molecule is COc1ccc(S(=O)(=O)NCC(=O)Nc2ccc(Cl)cc2C)c(OC)c1. The Kier molecular flexibility index (Phi) is 6.47. The van der Waals surface area contributed by atoms with Gasteiger partial charge >= 0.3 is 0 Å². The van der Waals surface area contributed by atoms with Crippen LogP contribution in [0, 0.1) is 6.92 Å². The fourth-order valence-corrected chi connectivity index (χ4v) is 3.55. The van der Waals surface area contributed by atoms with Gasteiger partial charge in [-0.15, -0.1) is 0 Å². The molecule has 2 aromatic rings. The van der Waals surface area contributed by atoms with Crippen molar-refractivity contribution in [2.45, 2.75) is 11.8 Å². The van der Waals surface area contributed by atoms with Crippen molar-refractivity contribution in [3.63, 3.8) is 0 Å². The number of aryl methyl sites for hydroxylation is 1. The van der Waals surface area contributed by atoms with Gasteiger partial charge in [-0.2, -0.15) is 0 Å². The van der Waals surface area contributed by atoms with Crippen LogP contribution in [0.2, 0.25) is 5.02 Å². The molecule has 140 valence electrons. The molecule has 0 saturated heterocycles. The third-order valence-electron chi connectivity index (χ3n) is 3.55. The van der Waals surface area contributed by atoms with Gasteiger partial charge in [0.1, 0.15) is 16.4 Å². The number of sulfonamides is 1. The second-order valence-corrected chi connectivity index (χ2v) is 7.52. The number of rotatable bonds is 7. The van der Waals surface area contributed by atoms with Crippen molar-refractivity contribution in [1.82, 2.24) is 4.72 Å². The highest BCUT2D eigenvalue weighted by molar-refractivity contribution is 7.89. The summed E-state index contributed by atoms with van der Waals surface area (Å²) < 4.78 is 37.3. The van der Waals surface area contributed by atoms with Crippen molar-refractivity contribution in [3.05, 3.63) is 47.0 Å². The van der Waals surface area contributed by atoms with Crippen molar-refractivity contribution in [2.75, 3.05) is 26.1 Å². The largest absolute Gasteiger partial charge is 0.497 e. The summed E-state index contributed by atoms with van der Waals surface area (Å²) in [7, 11) is -1.13. The van der Waals surface area contributed by atoms with E-state index in [-0.39, 0.29) is 10.6 Å². The first-order valence-electron chi connectivity index (χ1n) is 7.54. The van der Waals surface area contributed by atoms with Gasteiger partial charge in [-0.05, 0) is 42.8 Å². The molecule has 1 amide bonds. The first kappa shape index (κ1) is 20.0. The van der Waals surface area contributed by atoms with Crippen molar-refractivity contribution < 1.29 is 22.7 Å². The van der Waals surface area contributed by atoms with E-state index in [0.717, 1.165) is 5.56 Å². The Labute approximate surface area is 157 Å². The summed E-state index contributed by atoms with van der Waals surface area (Å²) in [6.45, 7) is 1.35. The molecule has 2 rings (SSSR count). The van der Waals surface area contributed by atoms with E-state index in [2.05, 4.69) is 10.0 Å². The van der Waals surface area contributed by atoms with Crippen LogP contribution in [0.15, 0.2) is 41.3 Å². The van der Waals surface area contributed by atoms with E-state index in [1.54, 1.807) is 25.1 Å². The molecule has 0 radical (unpaired) electrons. The molecule has 0 bridgehead atoms. The summed E-state index contributed by atoms with van der Waals surface area (Å²) in [6.07, 6.45) is 0. The number of halogens is 1. The first-order valence-corrected chi connectivity index (χ1v) is 9.40. The number of anilines is 1. The minimum Gasteiger partial charge on any atom is -0.497 e. The summed E-state index contributed by atoms with van der Waals surface area (Å²) in [4.78, 5) is 12.0. The van der Waals surface area contributed by atoms with E-state index >= 15 is 0 Å². The van der Waals surface area contributed by atoms with Crippen LogP contribution in [0.25, 0.3) is 0 Å². The van der Waals surface area contributed by atoms with Crippen LogP contribution in [0.4, 0.5) is 5.69 Å². The Balaban J connectivity index is 2.09. The van der Waals surface area contributed by atoms with E-state index in [1.807, 2.05) is 0 Å². The van der Waals surface area contributed by atoms with Gasteiger partial charge in [0.25, 0.3) is 0 Å². The number of carbonyl (C=O) groups excluding carboxylic acids is 1. The average Bonchev–Trinajstić information content (AvgIpc) is 2.61. The lowest BCUT2D eigenvalue weighted by atomic mass is 10.2. The Morgan fingerprint density at radius 2 is 1.85 bits per heavy atom. The highest BCUT2D eigenvalue weighted by Crippen LogP contribution is 2.28. The number of benzene rings is 2. The van der Waals surface area contributed by atoms with Gasteiger partial charge < -0.3 is 14.8 Å². The second kappa shape index (κ2) is 8.39. The van der Waals surface area contributed by atoms with Gasteiger partial charge in [0.2, 0.25) is 15.9 Å². The second-order valence-electron chi connectivity index (χ2n) is 5.35. The van der Waals surface area contributed by atoms with Gasteiger partial charge in [-0.3, -0.25) is 4.79 Å². The first-order chi connectivity index (χ1) is 12.3. The highest BCUT2D eigenvalue weighted by atomic mass is 35.5. The standard InChI is InChI=1S/C17H19ClN2O5S/c1-11-8-12(18)4-6-14(11)20-17(21)10-19-26(22,23)16-7-5-13(24-2)9-15(16)25-3/h4-9,19H,10H2,1-3H3,(H,20,21). The summed E-state index contributed by atoms with van der Waals surface area (Å²) in [6, 6.07) is 9.28. The molecule has 0 aliphatic heterocycles. The Morgan fingerprint density at radius 1 is 1.12 bits per heavy atom.